The third kappa shape index (κ3) is 6.52. The van der Waals surface area contributed by atoms with Gasteiger partial charge in [-0.1, -0.05) is 57.0 Å². The second-order valence-electron chi connectivity index (χ2n) is 10.9. The van der Waals surface area contributed by atoms with Gasteiger partial charge in [-0.3, -0.25) is 9.59 Å². The predicted octanol–water partition coefficient (Wildman–Crippen LogP) is 4.23. The van der Waals surface area contributed by atoms with Gasteiger partial charge in [-0.2, -0.15) is 4.98 Å². The van der Waals surface area contributed by atoms with Gasteiger partial charge in [0.15, 0.2) is 0 Å². The Morgan fingerprint density at radius 2 is 1.82 bits per heavy atom. The molecule has 1 N–H and O–H groups in total. The molecule has 1 aliphatic carbocycles. The standard InChI is InChI=1S/C30H42N5O3/c1-5-10-25(22(2)27(36)28(37)32-23(3)24-11-7-6-8-12-24)30(14-9-15-30)21-38-26-13-16-31-29(33-26)35-19-17-34(4)18-20-35/h6-8,11-13,16,23,25H,5,9-10,14-15,17-21H2,1-4H3,(H,32,37)/t23-,25?/m0/s1. The van der Waals surface area contributed by atoms with E-state index < -0.39 is 11.7 Å². The van der Waals surface area contributed by atoms with E-state index in [2.05, 4.69) is 34.1 Å². The smallest absolute Gasteiger partial charge is 0.288 e. The Bertz CT molecular complexity index is 1070. The number of amides is 1. The molecule has 1 unspecified atom stereocenters. The summed E-state index contributed by atoms with van der Waals surface area (Å²) >= 11 is 0. The number of piperazine rings is 1. The van der Waals surface area contributed by atoms with E-state index >= 15 is 0 Å². The lowest BCUT2D eigenvalue weighted by atomic mass is 9.56. The number of likely N-dealkylation sites (N-methyl/N-ethyl adjacent to an activating group) is 1. The van der Waals surface area contributed by atoms with Gasteiger partial charge in [-0.25, -0.2) is 4.98 Å². The summed E-state index contributed by atoms with van der Waals surface area (Å²) in [4.78, 5) is 39.9. The normalized spacial score (nSPS) is 18.9. The minimum Gasteiger partial charge on any atom is -0.477 e. The van der Waals surface area contributed by atoms with Crippen molar-refractivity contribution in [3.8, 4) is 5.88 Å². The highest BCUT2D eigenvalue weighted by atomic mass is 16.5. The zero-order valence-electron chi connectivity index (χ0n) is 23.3. The molecule has 1 amide bonds. The number of benzene rings is 1. The third-order valence-electron chi connectivity index (χ3n) is 8.31. The molecule has 38 heavy (non-hydrogen) atoms. The van der Waals surface area contributed by atoms with Gasteiger partial charge in [-0.05, 0) is 44.7 Å². The Morgan fingerprint density at radius 3 is 2.45 bits per heavy atom. The first-order valence-electron chi connectivity index (χ1n) is 14.0. The molecule has 8 nitrogen and oxygen atoms in total. The second-order valence-corrected chi connectivity index (χ2v) is 10.9. The third-order valence-corrected chi connectivity index (χ3v) is 8.31. The van der Waals surface area contributed by atoms with Crippen molar-refractivity contribution in [1.82, 2.24) is 20.2 Å². The van der Waals surface area contributed by atoms with Crippen molar-refractivity contribution in [2.24, 2.45) is 11.3 Å². The number of ether oxygens (including phenoxy) is 1. The fourth-order valence-electron chi connectivity index (χ4n) is 5.71. The SMILES string of the molecule is CCCC([C](C)C(=O)C(=O)N[C@@H](C)c1ccccc1)C1(COc2ccnc(N3CCN(C)CC3)n2)CCC1. The molecule has 2 heterocycles. The number of hydrogen-bond donors (Lipinski definition) is 1. The highest BCUT2D eigenvalue weighted by Crippen LogP contribution is 2.52. The van der Waals surface area contributed by atoms with Crippen LogP contribution < -0.4 is 15.0 Å². The van der Waals surface area contributed by atoms with Crippen LogP contribution in [0, 0.1) is 17.3 Å². The maximum atomic E-state index is 13.3. The second kappa shape index (κ2) is 12.7. The average Bonchev–Trinajstić information content (AvgIpc) is 2.92. The van der Waals surface area contributed by atoms with Gasteiger partial charge in [0.25, 0.3) is 5.91 Å². The fourth-order valence-corrected chi connectivity index (χ4v) is 5.71. The molecule has 1 radical (unpaired) electrons. The van der Waals surface area contributed by atoms with Crippen molar-refractivity contribution in [2.45, 2.75) is 58.9 Å². The Morgan fingerprint density at radius 1 is 1.11 bits per heavy atom. The van der Waals surface area contributed by atoms with E-state index in [0.717, 1.165) is 63.8 Å². The van der Waals surface area contributed by atoms with Crippen LogP contribution in [0.5, 0.6) is 5.88 Å². The molecule has 2 fully saturated rings. The van der Waals surface area contributed by atoms with Crippen molar-refractivity contribution in [3.63, 3.8) is 0 Å². The molecular weight excluding hydrogens is 478 g/mol. The number of anilines is 1. The zero-order valence-corrected chi connectivity index (χ0v) is 23.3. The summed E-state index contributed by atoms with van der Waals surface area (Å²) in [6.45, 7) is 10.1. The number of nitrogens with one attached hydrogen (secondary N) is 1. The first-order chi connectivity index (χ1) is 18.3. The van der Waals surface area contributed by atoms with E-state index in [0.29, 0.717) is 24.4 Å². The molecule has 0 bridgehead atoms. The summed E-state index contributed by atoms with van der Waals surface area (Å²) in [5, 5.41) is 2.89. The lowest BCUT2D eigenvalue weighted by Crippen LogP contribution is -2.48. The Hall–Kier alpha value is -3.00. The van der Waals surface area contributed by atoms with Gasteiger partial charge in [0.2, 0.25) is 17.6 Å². The molecule has 1 aromatic carbocycles. The van der Waals surface area contributed by atoms with E-state index in [1.165, 1.54) is 0 Å². The van der Waals surface area contributed by atoms with Crippen LogP contribution >= 0.6 is 0 Å². The van der Waals surface area contributed by atoms with E-state index in [-0.39, 0.29) is 17.4 Å². The number of ketones is 1. The minimum absolute atomic E-state index is 0.00882. The number of hydrogen-bond acceptors (Lipinski definition) is 7. The molecule has 2 atom stereocenters. The van der Waals surface area contributed by atoms with Crippen molar-refractivity contribution in [1.29, 1.82) is 0 Å². The van der Waals surface area contributed by atoms with Crippen LogP contribution in [0.2, 0.25) is 0 Å². The number of carbonyl (C=O) groups excluding carboxylic acids is 2. The van der Waals surface area contributed by atoms with Gasteiger partial charge in [0.1, 0.15) is 0 Å². The Labute approximate surface area is 227 Å². The quantitative estimate of drug-likeness (QED) is 0.419. The van der Waals surface area contributed by atoms with Crippen molar-refractivity contribution >= 4 is 17.6 Å². The molecule has 1 saturated carbocycles. The molecular formula is C30H42N5O3. The molecule has 2 aliphatic rings. The van der Waals surface area contributed by atoms with E-state index in [4.69, 9.17) is 9.72 Å². The minimum atomic E-state index is -0.539. The zero-order chi connectivity index (χ0) is 27.1. The van der Waals surface area contributed by atoms with Crippen LogP contribution in [0.4, 0.5) is 5.95 Å². The Balaban J connectivity index is 1.41. The summed E-state index contributed by atoms with van der Waals surface area (Å²) in [7, 11) is 2.12. The largest absolute Gasteiger partial charge is 0.477 e. The predicted molar refractivity (Wildman–Crippen MR) is 149 cm³/mol. The summed E-state index contributed by atoms with van der Waals surface area (Å²) in [5.41, 5.74) is 0.807. The van der Waals surface area contributed by atoms with Gasteiger partial charge in [-0.15, -0.1) is 0 Å². The number of rotatable bonds is 12. The maximum Gasteiger partial charge on any atom is 0.288 e. The monoisotopic (exact) mass is 520 g/mol. The van der Waals surface area contributed by atoms with Gasteiger partial charge in [0, 0.05) is 43.9 Å². The highest BCUT2D eigenvalue weighted by Gasteiger charge is 2.49. The number of aromatic nitrogens is 2. The number of carbonyl (C=O) groups is 2. The topological polar surface area (TPSA) is 87.7 Å². The van der Waals surface area contributed by atoms with Crippen LogP contribution in [0.3, 0.4) is 0 Å². The van der Waals surface area contributed by atoms with Crippen LogP contribution in [0.15, 0.2) is 42.6 Å². The molecule has 1 aromatic heterocycles. The number of nitrogens with zero attached hydrogens (tertiary/aromatic N) is 4. The summed E-state index contributed by atoms with van der Waals surface area (Å²) in [6, 6.07) is 11.3. The lowest BCUT2D eigenvalue weighted by molar-refractivity contribution is -0.138. The van der Waals surface area contributed by atoms with Crippen molar-refractivity contribution in [2.75, 3.05) is 44.7 Å². The summed E-state index contributed by atoms with van der Waals surface area (Å²) in [5.74, 6) is 0.929. The van der Waals surface area contributed by atoms with Crippen LogP contribution in [0.25, 0.3) is 0 Å². The van der Waals surface area contributed by atoms with E-state index in [9.17, 15) is 9.59 Å². The molecule has 8 heteroatoms. The van der Waals surface area contributed by atoms with Gasteiger partial charge < -0.3 is 19.9 Å². The van der Waals surface area contributed by atoms with E-state index in [1.807, 2.05) is 44.2 Å². The molecule has 205 valence electrons. The molecule has 1 saturated heterocycles. The fraction of sp³-hybridized carbons (Fsp3) is 0.567. The van der Waals surface area contributed by atoms with Crippen LogP contribution in [-0.4, -0.2) is 66.4 Å². The van der Waals surface area contributed by atoms with Crippen molar-refractivity contribution < 1.29 is 14.3 Å². The molecule has 4 rings (SSSR count). The van der Waals surface area contributed by atoms with Crippen molar-refractivity contribution in [3.05, 3.63) is 54.1 Å². The molecule has 1 aliphatic heterocycles. The van der Waals surface area contributed by atoms with Gasteiger partial charge in [0.05, 0.1) is 18.6 Å². The first-order valence-corrected chi connectivity index (χ1v) is 14.0. The van der Waals surface area contributed by atoms with E-state index in [1.54, 1.807) is 12.3 Å². The Kier molecular flexibility index (Phi) is 9.36. The molecule has 0 spiro atoms. The van der Waals surface area contributed by atoms with Crippen LogP contribution in [-0.2, 0) is 9.59 Å². The van der Waals surface area contributed by atoms with Gasteiger partial charge >= 0.3 is 0 Å². The lowest BCUT2D eigenvalue weighted by Gasteiger charge is -2.49. The summed E-state index contributed by atoms with van der Waals surface area (Å²) < 4.78 is 6.29. The van der Waals surface area contributed by atoms with Crippen LogP contribution in [0.1, 0.15) is 64.5 Å². The molecule has 2 aromatic rings. The highest BCUT2D eigenvalue weighted by molar-refractivity contribution is 6.41. The number of Topliss-reactive ketones (excluding diaryl/α,β-unsaturated/α-hetero) is 1. The maximum absolute atomic E-state index is 13.3. The first kappa shape index (κ1) is 28.0. The average molecular weight is 521 g/mol. The summed E-state index contributed by atoms with van der Waals surface area (Å²) in [6.07, 6.45) is 6.57.